The van der Waals surface area contributed by atoms with Gasteiger partial charge in [-0.3, -0.25) is 14.3 Å². The van der Waals surface area contributed by atoms with E-state index in [4.69, 9.17) is 0 Å². The Kier molecular flexibility index (Phi) is 5.22. The summed E-state index contributed by atoms with van der Waals surface area (Å²) in [5.74, 6) is 0.307. The lowest BCUT2D eigenvalue weighted by Crippen LogP contribution is -2.45. The van der Waals surface area contributed by atoms with Gasteiger partial charge in [0.15, 0.2) is 0 Å². The summed E-state index contributed by atoms with van der Waals surface area (Å²) in [6, 6.07) is 12.9. The van der Waals surface area contributed by atoms with Crippen LogP contribution in [0.1, 0.15) is 39.9 Å². The minimum atomic E-state index is -0.438. The van der Waals surface area contributed by atoms with Crippen molar-refractivity contribution in [1.82, 2.24) is 20.1 Å². The molecule has 1 aliphatic heterocycles. The molecule has 1 unspecified atom stereocenters. The molecular weight excluding hydrogens is 380 g/mol. The highest BCUT2D eigenvalue weighted by Crippen LogP contribution is 2.33. The molecule has 0 saturated carbocycles. The Morgan fingerprint density at radius 3 is 2.77 bits per heavy atom. The molecule has 3 aromatic rings. The van der Waals surface area contributed by atoms with Gasteiger partial charge in [0.25, 0.3) is 5.91 Å². The number of carbonyl (C=O) groups excluding carboxylic acids is 2. The van der Waals surface area contributed by atoms with Gasteiger partial charge in [0.2, 0.25) is 5.91 Å². The van der Waals surface area contributed by atoms with Gasteiger partial charge >= 0.3 is 0 Å². The van der Waals surface area contributed by atoms with Gasteiger partial charge in [0, 0.05) is 43.2 Å². The molecule has 8 nitrogen and oxygen atoms in total. The molecule has 3 heterocycles. The molecule has 2 N–H and O–H groups in total. The fraction of sp³-hybridized carbons (Fsp3) is 0.273. The van der Waals surface area contributed by atoms with Crippen LogP contribution in [-0.4, -0.2) is 33.6 Å². The molecule has 0 radical (unpaired) electrons. The smallest absolute Gasteiger partial charge is 0.256 e. The van der Waals surface area contributed by atoms with Crippen molar-refractivity contribution in [1.29, 1.82) is 0 Å². The van der Waals surface area contributed by atoms with Gasteiger partial charge in [0.05, 0.1) is 11.3 Å². The first-order valence-corrected chi connectivity index (χ1v) is 9.82. The van der Waals surface area contributed by atoms with Gasteiger partial charge in [0.1, 0.15) is 12.0 Å². The fourth-order valence-electron chi connectivity index (χ4n) is 3.73. The largest absolute Gasteiger partial charge is 0.335 e. The summed E-state index contributed by atoms with van der Waals surface area (Å²) in [4.78, 5) is 31.4. The van der Waals surface area contributed by atoms with Crippen LogP contribution in [0.3, 0.4) is 0 Å². The number of aryl methyl sites for hydroxylation is 3. The van der Waals surface area contributed by atoms with E-state index in [0.717, 1.165) is 17.0 Å². The summed E-state index contributed by atoms with van der Waals surface area (Å²) in [5.41, 5.74) is 3.95. The second-order valence-corrected chi connectivity index (χ2v) is 7.40. The van der Waals surface area contributed by atoms with E-state index in [9.17, 15) is 9.59 Å². The Balaban J connectivity index is 1.52. The molecule has 0 fully saturated rings. The lowest BCUT2D eigenvalue weighted by Gasteiger charge is -2.36. The highest BCUT2D eigenvalue weighted by atomic mass is 16.2. The van der Waals surface area contributed by atoms with Gasteiger partial charge in [-0.15, -0.1) is 0 Å². The highest BCUT2D eigenvalue weighted by molar-refractivity contribution is 6.01. The Labute approximate surface area is 174 Å². The molecule has 1 atom stereocenters. The van der Waals surface area contributed by atoms with E-state index in [1.165, 1.54) is 0 Å². The van der Waals surface area contributed by atoms with Gasteiger partial charge in [-0.2, -0.15) is 5.10 Å². The predicted molar refractivity (Wildman–Crippen MR) is 114 cm³/mol. The second kappa shape index (κ2) is 7.98. The number of rotatable bonds is 5. The number of benzene rings is 1. The third-order valence-electron chi connectivity index (χ3n) is 5.20. The monoisotopic (exact) mass is 404 g/mol. The molecule has 1 aromatic carbocycles. The normalized spacial score (nSPS) is 15.5. The molecule has 4 rings (SSSR count). The molecule has 0 bridgehead atoms. The quantitative estimate of drug-likeness (QED) is 0.682. The van der Waals surface area contributed by atoms with Crippen LogP contribution in [0, 0.1) is 13.8 Å². The molecule has 0 saturated heterocycles. The first kappa shape index (κ1) is 19.6. The number of carbonyl (C=O) groups is 2. The Hall–Kier alpha value is -3.68. The van der Waals surface area contributed by atoms with Crippen molar-refractivity contribution in [3.63, 3.8) is 0 Å². The van der Waals surface area contributed by atoms with E-state index in [1.54, 1.807) is 18.3 Å². The number of hydrogen-bond donors (Lipinski definition) is 2. The van der Waals surface area contributed by atoms with Crippen LogP contribution < -0.4 is 15.5 Å². The van der Waals surface area contributed by atoms with Crippen LogP contribution in [0.25, 0.3) is 0 Å². The van der Waals surface area contributed by atoms with Crippen LogP contribution in [0.5, 0.6) is 0 Å². The van der Waals surface area contributed by atoms with E-state index in [0.29, 0.717) is 30.0 Å². The fourth-order valence-corrected chi connectivity index (χ4v) is 3.73. The lowest BCUT2D eigenvalue weighted by atomic mass is 10.0. The summed E-state index contributed by atoms with van der Waals surface area (Å²) in [7, 11) is 1.87. The average molecular weight is 404 g/mol. The number of nitrogens with one attached hydrogen (secondary N) is 2. The third kappa shape index (κ3) is 3.76. The number of pyridine rings is 1. The van der Waals surface area contributed by atoms with Crippen LogP contribution in [0.15, 0.2) is 48.7 Å². The average Bonchev–Trinajstić information content (AvgIpc) is 3.07. The van der Waals surface area contributed by atoms with Crippen molar-refractivity contribution in [2.75, 3.05) is 17.3 Å². The van der Waals surface area contributed by atoms with Gasteiger partial charge in [-0.1, -0.05) is 18.2 Å². The van der Waals surface area contributed by atoms with E-state index in [-0.39, 0.29) is 11.8 Å². The third-order valence-corrected chi connectivity index (χ3v) is 5.20. The van der Waals surface area contributed by atoms with Crippen molar-refractivity contribution in [3.8, 4) is 0 Å². The number of fused-ring (bicyclic) bond motifs is 1. The number of anilines is 2. The maximum absolute atomic E-state index is 12.6. The molecule has 30 heavy (non-hydrogen) atoms. The van der Waals surface area contributed by atoms with E-state index in [2.05, 4.69) is 20.7 Å². The molecule has 154 valence electrons. The van der Waals surface area contributed by atoms with Crippen molar-refractivity contribution in [3.05, 3.63) is 71.2 Å². The molecule has 1 aliphatic rings. The minimum Gasteiger partial charge on any atom is -0.335 e. The van der Waals surface area contributed by atoms with Crippen molar-refractivity contribution in [2.24, 2.45) is 0 Å². The zero-order chi connectivity index (χ0) is 21.3. The van der Waals surface area contributed by atoms with Crippen LogP contribution in [0.2, 0.25) is 0 Å². The molecule has 8 heteroatoms. The maximum atomic E-state index is 12.6. The van der Waals surface area contributed by atoms with Crippen LogP contribution in [0.4, 0.5) is 11.5 Å². The number of aromatic nitrogens is 3. The Morgan fingerprint density at radius 1 is 1.20 bits per heavy atom. The van der Waals surface area contributed by atoms with Crippen molar-refractivity contribution >= 4 is 23.3 Å². The number of amides is 2. The molecule has 2 amide bonds. The second-order valence-electron chi connectivity index (χ2n) is 7.40. The Bertz CT molecular complexity index is 1110. The molecule has 0 spiro atoms. The predicted octanol–water partition coefficient (Wildman–Crippen LogP) is 2.80. The first-order chi connectivity index (χ1) is 14.4. The zero-order valence-corrected chi connectivity index (χ0v) is 17.2. The SMILES string of the molecule is Cc1cc(C)n(CCC(=O)Nc2ccccc2C2NC(=O)c3cccnc3N2C)n1. The Morgan fingerprint density at radius 2 is 2.00 bits per heavy atom. The van der Waals surface area contributed by atoms with E-state index in [1.807, 2.05) is 60.8 Å². The van der Waals surface area contributed by atoms with Gasteiger partial charge in [-0.05, 0) is 38.1 Å². The molecular formula is C22H24N6O2. The first-order valence-electron chi connectivity index (χ1n) is 9.82. The summed E-state index contributed by atoms with van der Waals surface area (Å²) in [6.45, 7) is 4.41. The van der Waals surface area contributed by atoms with E-state index < -0.39 is 6.17 Å². The summed E-state index contributed by atoms with van der Waals surface area (Å²) in [5, 5.41) is 10.4. The number of nitrogens with zero attached hydrogens (tertiary/aromatic N) is 4. The molecule has 2 aromatic heterocycles. The van der Waals surface area contributed by atoms with Crippen molar-refractivity contribution < 1.29 is 9.59 Å². The van der Waals surface area contributed by atoms with Crippen LogP contribution in [-0.2, 0) is 11.3 Å². The molecule has 0 aliphatic carbocycles. The lowest BCUT2D eigenvalue weighted by molar-refractivity contribution is -0.116. The summed E-state index contributed by atoms with van der Waals surface area (Å²) in [6.07, 6.45) is 1.53. The van der Waals surface area contributed by atoms with Gasteiger partial charge < -0.3 is 15.5 Å². The standard InChI is InChI=1S/C22H24N6O2/c1-14-13-15(2)28(26-14)12-10-19(29)24-18-9-5-4-7-16(18)21-25-22(30)17-8-6-11-23-20(17)27(21)3/h4-9,11,13,21H,10,12H2,1-3H3,(H,24,29)(H,25,30). The summed E-state index contributed by atoms with van der Waals surface area (Å²) < 4.78 is 1.83. The summed E-state index contributed by atoms with van der Waals surface area (Å²) >= 11 is 0. The van der Waals surface area contributed by atoms with Crippen molar-refractivity contribution in [2.45, 2.75) is 33.0 Å². The topological polar surface area (TPSA) is 92.2 Å². The number of hydrogen-bond acceptors (Lipinski definition) is 5. The maximum Gasteiger partial charge on any atom is 0.256 e. The minimum absolute atomic E-state index is 0.113. The van der Waals surface area contributed by atoms with Gasteiger partial charge in [-0.25, -0.2) is 4.98 Å². The van der Waals surface area contributed by atoms with Crippen LogP contribution >= 0.6 is 0 Å². The zero-order valence-electron chi connectivity index (χ0n) is 17.2. The number of para-hydroxylation sites is 1. The highest BCUT2D eigenvalue weighted by Gasteiger charge is 2.31. The van der Waals surface area contributed by atoms with E-state index >= 15 is 0 Å².